The van der Waals surface area contributed by atoms with Gasteiger partial charge in [0.25, 0.3) is 5.91 Å². The zero-order valence-electron chi connectivity index (χ0n) is 14.5. The van der Waals surface area contributed by atoms with Crippen LogP contribution in [0.1, 0.15) is 21.5 Å². The van der Waals surface area contributed by atoms with Crippen LogP contribution in [0.4, 0.5) is 0 Å². The number of aliphatic hydroxyl groups is 1. The molecule has 1 amide bonds. The molecule has 0 spiro atoms. The van der Waals surface area contributed by atoms with Crippen molar-refractivity contribution in [1.82, 2.24) is 20.8 Å². The fourth-order valence-corrected chi connectivity index (χ4v) is 3.28. The number of nitrogens with zero attached hydrogens (tertiary/aromatic N) is 1. The maximum atomic E-state index is 12.3. The molecule has 1 aliphatic rings. The van der Waals surface area contributed by atoms with Gasteiger partial charge in [-0.05, 0) is 35.7 Å². The van der Waals surface area contributed by atoms with Gasteiger partial charge in [0.15, 0.2) is 0 Å². The van der Waals surface area contributed by atoms with Crippen LogP contribution in [0.25, 0.3) is 10.9 Å². The first-order valence-electron chi connectivity index (χ1n) is 8.40. The molecule has 8 heteroatoms. The molecule has 1 aromatic heterocycles. The van der Waals surface area contributed by atoms with Gasteiger partial charge in [-0.3, -0.25) is 9.89 Å². The molecule has 144 valence electrons. The van der Waals surface area contributed by atoms with E-state index in [1.807, 2.05) is 18.2 Å². The number of carbonyl (C=O) groups excluding carboxylic acids is 1. The first-order chi connectivity index (χ1) is 12.2. The van der Waals surface area contributed by atoms with Crippen LogP contribution in [0.5, 0.6) is 0 Å². The van der Waals surface area contributed by atoms with E-state index in [1.165, 1.54) is 11.1 Å². The van der Waals surface area contributed by atoms with Crippen molar-refractivity contribution in [3.8, 4) is 0 Å². The van der Waals surface area contributed by atoms with Crippen molar-refractivity contribution >= 4 is 41.6 Å². The van der Waals surface area contributed by atoms with Gasteiger partial charge in [-0.25, -0.2) is 0 Å². The zero-order chi connectivity index (χ0) is 17.2. The number of aromatic nitrogens is 2. The number of aromatic amines is 1. The molecule has 0 aliphatic carbocycles. The summed E-state index contributed by atoms with van der Waals surface area (Å²) in [6, 6.07) is 13.5. The monoisotopic (exact) mass is 408 g/mol. The molecule has 6 nitrogen and oxygen atoms in total. The van der Waals surface area contributed by atoms with Gasteiger partial charge in [0.2, 0.25) is 0 Å². The Labute approximate surface area is 169 Å². The molecule has 0 saturated carbocycles. The molecule has 0 saturated heterocycles. The molecule has 2 atom stereocenters. The molecule has 1 aliphatic heterocycles. The van der Waals surface area contributed by atoms with Crippen LogP contribution in [0.3, 0.4) is 0 Å². The average molecular weight is 409 g/mol. The number of H-pyrrole nitrogens is 1. The number of fused-ring (bicyclic) bond motifs is 2. The van der Waals surface area contributed by atoms with E-state index in [-0.39, 0.29) is 43.3 Å². The molecule has 3 aromatic rings. The van der Waals surface area contributed by atoms with E-state index < -0.39 is 6.10 Å². The van der Waals surface area contributed by atoms with E-state index in [1.54, 1.807) is 18.3 Å². The smallest absolute Gasteiger partial charge is 0.251 e. The minimum atomic E-state index is -0.644. The van der Waals surface area contributed by atoms with Crippen LogP contribution < -0.4 is 10.6 Å². The highest BCUT2D eigenvalue weighted by Gasteiger charge is 2.24. The second-order valence-electron chi connectivity index (χ2n) is 6.41. The minimum Gasteiger partial charge on any atom is -0.390 e. The average Bonchev–Trinajstić information content (AvgIpc) is 3.13. The van der Waals surface area contributed by atoms with Crippen LogP contribution in [0, 0.1) is 0 Å². The molecule has 0 unspecified atom stereocenters. The van der Waals surface area contributed by atoms with Crippen molar-refractivity contribution in [1.29, 1.82) is 0 Å². The summed E-state index contributed by atoms with van der Waals surface area (Å²) in [5.41, 5.74) is 3.97. The minimum absolute atomic E-state index is 0. The topological polar surface area (TPSA) is 90.0 Å². The second kappa shape index (κ2) is 9.19. The maximum absolute atomic E-state index is 12.3. The lowest BCUT2D eigenvalue weighted by molar-refractivity contribution is 0.0870. The van der Waals surface area contributed by atoms with Gasteiger partial charge in [-0.2, -0.15) is 5.10 Å². The quantitative estimate of drug-likeness (QED) is 0.532. The Bertz CT molecular complexity index is 915. The van der Waals surface area contributed by atoms with Crippen molar-refractivity contribution in [3.63, 3.8) is 0 Å². The van der Waals surface area contributed by atoms with Gasteiger partial charge >= 0.3 is 0 Å². The van der Waals surface area contributed by atoms with Crippen molar-refractivity contribution in [2.24, 2.45) is 0 Å². The first kappa shape index (κ1) is 21.2. The molecule has 0 radical (unpaired) electrons. The highest BCUT2D eigenvalue weighted by molar-refractivity contribution is 5.97. The normalized spacial score (nSPS) is 16.6. The Morgan fingerprint density at radius 1 is 1.22 bits per heavy atom. The van der Waals surface area contributed by atoms with E-state index >= 15 is 0 Å². The summed E-state index contributed by atoms with van der Waals surface area (Å²) in [7, 11) is 0. The van der Waals surface area contributed by atoms with E-state index in [0.29, 0.717) is 5.56 Å². The van der Waals surface area contributed by atoms with E-state index in [9.17, 15) is 9.90 Å². The highest BCUT2D eigenvalue weighted by Crippen LogP contribution is 2.18. The van der Waals surface area contributed by atoms with Crippen LogP contribution in [-0.4, -0.2) is 39.9 Å². The molecule has 2 aromatic carbocycles. The van der Waals surface area contributed by atoms with Crippen LogP contribution in [0.2, 0.25) is 0 Å². The maximum Gasteiger partial charge on any atom is 0.251 e. The van der Waals surface area contributed by atoms with Crippen molar-refractivity contribution in [2.75, 3.05) is 6.54 Å². The Hall–Kier alpha value is -2.12. The Morgan fingerprint density at radius 3 is 2.81 bits per heavy atom. The van der Waals surface area contributed by atoms with Crippen molar-refractivity contribution < 1.29 is 9.90 Å². The van der Waals surface area contributed by atoms with Gasteiger partial charge in [0.1, 0.15) is 0 Å². The van der Waals surface area contributed by atoms with Gasteiger partial charge in [-0.15, -0.1) is 24.8 Å². The van der Waals surface area contributed by atoms with Crippen molar-refractivity contribution in [3.05, 3.63) is 65.4 Å². The van der Waals surface area contributed by atoms with Gasteiger partial charge < -0.3 is 15.7 Å². The number of hydrogen-bond acceptors (Lipinski definition) is 4. The summed E-state index contributed by atoms with van der Waals surface area (Å²) in [4.78, 5) is 12.3. The SMILES string of the molecule is Cl.Cl.O=C(NC[C@@H](O)[C@@H]1Cc2ccccc2CN1)c1ccc2[nH]ncc2c1. The zero-order valence-corrected chi connectivity index (χ0v) is 16.1. The summed E-state index contributed by atoms with van der Waals surface area (Å²) in [6.07, 6.45) is 1.80. The highest BCUT2D eigenvalue weighted by atomic mass is 35.5. The van der Waals surface area contributed by atoms with Gasteiger partial charge in [0.05, 0.1) is 17.8 Å². The van der Waals surface area contributed by atoms with Crippen molar-refractivity contribution in [2.45, 2.75) is 25.1 Å². The van der Waals surface area contributed by atoms with E-state index in [0.717, 1.165) is 23.9 Å². The van der Waals surface area contributed by atoms with Crippen LogP contribution in [-0.2, 0) is 13.0 Å². The summed E-state index contributed by atoms with van der Waals surface area (Å²) in [6.45, 7) is 0.949. The summed E-state index contributed by atoms with van der Waals surface area (Å²) in [5, 5.41) is 24.3. The Morgan fingerprint density at radius 2 is 2.00 bits per heavy atom. The number of hydrogen-bond donors (Lipinski definition) is 4. The fourth-order valence-electron chi connectivity index (χ4n) is 3.28. The number of amides is 1. The number of halogens is 2. The van der Waals surface area contributed by atoms with Crippen LogP contribution in [0.15, 0.2) is 48.7 Å². The third kappa shape index (κ3) is 4.59. The second-order valence-corrected chi connectivity index (χ2v) is 6.41. The number of aliphatic hydroxyl groups excluding tert-OH is 1. The number of benzene rings is 2. The number of rotatable bonds is 4. The molecular formula is C19H22Cl2N4O2. The number of nitrogens with one attached hydrogen (secondary N) is 3. The molecule has 4 rings (SSSR count). The Kier molecular flexibility index (Phi) is 7.21. The third-order valence-corrected chi connectivity index (χ3v) is 4.75. The summed E-state index contributed by atoms with van der Waals surface area (Å²) >= 11 is 0. The lowest BCUT2D eigenvalue weighted by Gasteiger charge is -2.30. The standard InChI is InChI=1S/C19H20N4O2.2ClH/c24-18(17-8-12-3-1-2-4-14(12)9-20-17)11-21-19(25)13-5-6-16-15(7-13)10-22-23-16;;/h1-7,10,17-18,20,24H,8-9,11H2,(H,21,25)(H,22,23);2*1H/t17-,18+;;/m0../s1. The molecule has 0 bridgehead atoms. The summed E-state index contributed by atoms with van der Waals surface area (Å²) < 4.78 is 0. The molecule has 0 fully saturated rings. The lowest BCUT2D eigenvalue weighted by atomic mass is 9.93. The van der Waals surface area contributed by atoms with Gasteiger partial charge in [0, 0.05) is 30.1 Å². The largest absolute Gasteiger partial charge is 0.390 e. The van der Waals surface area contributed by atoms with Gasteiger partial charge in [-0.1, -0.05) is 24.3 Å². The number of carbonyl (C=O) groups is 1. The Balaban J connectivity index is 0.00000131. The molecule has 4 N–H and O–H groups in total. The lowest BCUT2D eigenvalue weighted by Crippen LogP contribution is -2.49. The van der Waals surface area contributed by atoms with Crippen LogP contribution >= 0.6 is 24.8 Å². The molecular weight excluding hydrogens is 387 g/mol. The molecule has 2 heterocycles. The van der Waals surface area contributed by atoms with E-state index in [4.69, 9.17) is 0 Å². The summed E-state index contributed by atoms with van der Waals surface area (Å²) in [5.74, 6) is -0.196. The third-order valence-electron chi connectivity index (χ3n) is 4.75. The fraction of sp³-hybridized carbons (Fsp3) is 0.263. The first-order valence-corrected chi connectivity index (χ1v) is 8.40. The predicted octanol–water partition coefficient (Wildman–Crippen LogP) is 2.21. The van der Waals surface area contributed by atoms with E-state index in [2.05, 4.69) is 33.0 Å². The molecule has 27 heavy (non-hydrogen) atoms. The predicted molar refractivity (Wildman–Crippen MR) is 110 cm³/mol.